The third-order valence-corrected chi connectivity index (χ3v) is 2.32. The lowest BCUT2D eigenvalue weighted by Gasteiger charge is -2.27. The van der Waals surface area contributed by atoms with E-state index in [9.17, 15) is 14.9 Å². The van der Waals surface area contributed by atoms with E-state index in [1.807, 2.05) is 0 Å². The van der Waals surface area contributed by atoms with Crippen LogP contribution in [0.4, 0.5) is 0 Å². The lowest BCUT2D eigenvalue weighted by atomic mass is 9.93. The third kappa shape index (κ3) is 3.59. The molecule has 6 heteroatoms. The van der Waals surface area contributed by atoms with Gasteiger partial charge in [0.2, 0.25) is 5.91 Å². The molecule has 1 aliphatic carbocycles. The molecule has 0 saturated heterocycles. The summed E-state index contributed by atoms with van der Waals surface area (Å²) in [5.74, 6) is -0.0522. The summed E-state index contributed by atoms with van der Waals surface area (Å²) in [5.41, 5.74) is 0. The molecular weight excluding hydrogens is 188 g/mol. The Balaban J connectivity index is 2.24. The molecule has 0 aromatic rings. The van der Waals surface area contributed by atoms with Gasteiger partial charge in [-0.15, -0.1) is 10.1 Å². The molecular formula is C8H14N2O4. The van der Waals surface area contributed by atoms with Gasteiger partial charge in [0.25, 0.3) is 5.09 Å². The van der Waals surface area contributed by atoms with E-state index in [2.05, 4.69) is 10.2 Å². The van der Waals surface area contributed by atoms with Gasteiger partial charge in [-0.05, 0) is 25.7 Å². The van der Waals surface area contributed by atoms with Crippen LogP contribution in [-0.2, 0) is 9.63 Å². The van der Waals surface area contributed by atoms with Crippen molar-refractivity contribution in [1.29, 1.82) is 0 Å². The van der Waals surface area contributed by atoms with E-state index in [4.69, 9.17) is 0 Å². The molecule has 0 aliphatic heterocycles. The summed E-state index contributed by atoms with van der Waals surface area (Å²) in [4.78, 5) is 25.2. The number of hydrogen-bond donors (Lipinski definition) is 1. The number of nitrogens with zero attached hydrogens (tertiary/aromatic N) is 1. The van der Waals surface area contributed by atoms with E-state index in [1.165, 1.54) is 6.92 Å². The molecule has 1 fully saturated rings. The number of hydrogen-bond acceptors (Lipinski definition) is 4. The van der Waals surface area contributed by atoms with E-state index < -0.39 is 5.09 Å². The van der Waals surface area contributed by atoms with Crippen molar-refractivity contribution in [3.63, 3.8) is 0 Å². The first kappa shape index (κ1) is 10.7. The zero-order chi connectivity index (χ0) is 10.6. The molecule has 1 rings (SSSR count). The fourth-order valence-electron chi connectivity index (χ4n) is 1.72. The molecule has 0 spiro atoms. The van der Waals surface area contributed by atoms with Crippen LogP contribution in [0.3, 0.4) is 0 Å². The summed E-state index contributed by atoms with van der Waals surface area (Å²) < 4.78 is 0. The van der Waals surface area contributed by atoms with Gasteiger partial charge in [-0.25, -0.2) is 0 Å². The minimum Gasteiger partial charge on any atom is -0.354 e. The highest BCUT2D eigenvalue weighted by Crippen LogP contribution is 2.21. The lowest BCUT2D eigenvalue weighted by molar-refractivity contribution is -0.769. The van der Waals surface area contributed by atoms with Gasteiger partial charge in [0, 0.05) is 13.0 Å². The van der Waals surface area contributed by atoms with Gasteiger partial charge in [-0.3, -0.25) is 4.79 Å². The van der Waals surface area contributed by atoms with Crippen molar-refractivity contribution in [2.45, 2.75) is 44.8 Å². The molecule has 0 atom stereocenters. The van der Waals surface area contributed by atoms with E-state index in [0.29, 0.717) is 12.8 Å². The second-order valence-electron chi connectivity index (χ2n) is 3.50. The first-order valence-corrected chi connectivity index (χ1v) is 4.66. The lowest BCUT2D eigenvalue weighted by Crippen LogP contribution is -2.38. The predicted molar refractivity (Wildman–Crippen MR) is 47.9 cm³/mol. The van der Waals surface area contributed by atoms with Crippen LogP contribution in [0.1, 0.15) is 32.6 Å². The average molecular weight is 202 g/mol. The van der Waals surface area contributed by atoms with Crippen LogP contribution >= 0.6 is 0 Å². The molecule has 0 aromatic heterocycles. The normalized spacial score (nSPS) is 26.6. The minimum absolute atomic E-state index is 0.0522. The van der Waals surface area contributed by atoms with Crippen LogP contribution in [-0.4, -0.2) is 23.1 Å². The molecule has 14 heavy (non-hydrogen) atoms. The molecule has 1 N–H and O–H groups in total. The highest BCUT2D eigenvalue weighted by atomic mass is 17.0. The molecule has 0 heterocycles. The third-order valence-electron chi connectivity index (χ3n) is 2.32. The number of nitrogens with one attached hydrogen (secondary N) is 1. The summed E-state index contributed by atoms with van der Waals surface area (Å²) >= 11 is 0. The maximum absolute atomic E-state index is 10.7. The Hall–Kier alpha value is -1.33. The molecule has 0 radical (unpaired) electrons. The second kappa shape index (κ2) is 4.78. The van der Waals surface area contributed by atoms with Gasteiger partial charge in [-0.1, -0.05) is 0 Å². The highest BCUT2D eigenvalue weighted by Gasteiger charge is 2.23. The van der Waals surface area contributed by atoms with Gasteiger partial charge in [0.1, 0.15) is 6.10 Å². The van der Waals surface area contributed by atoms with Gasteiger partial charge in [0.05, 0.1) is 0 Å². The summed E-state index contributed by atoms with van der Waals surface area (Å²) in [5, 5.41) is 12.1. The summed E-state index contributed by atoms with van der Waals surface area (Å²) in [7, 11) is 0. The SMILES string of the molecule is CC(=O)N[C@H]1CC[C@H](O[N+](=O)[O-])CC1. The van der Waals surface area contributed by atoms with Crippen molar-refractivity contribution in [1.82, 2.24) is 5.32 Å². The Morgan fingerprint density at radius 3 is 2.43 bits per heavy atom. The van der Waals surface area contributed by atoms with Crippen LogP contribution in [0, 0.1) is 10.1 Å². The average Bonchev–Trinajstić information content (AvgIpc) is 2.06. The maximum atomic E-state index is 10.7. The zero-order valence-corrected chi connectivity index (χ0v) is 8.06. The fraction of sp³-hybridized carbons (Fsp3) is 0.875. The molecule has 0 bridgehead atoms. The highest BCUT2D eigenvalue weighted by molar-refractivity contribution is 5.73. The van der Waals surface area contributed by atoms with Gasteiger partial charge in [-0.2, -0.15) is 0 Å². The second-order valence-corrected chi connectivity index (χ2v) is 3.50. The monoisotopic (exact) mass is 202 g/mol. The van der Waals surface area contributed by atoms with Crippen molar-refractivity contribution in [3.8, 4) is 0 Å². The topological polar surface area (TPSA) is 81.5 Å². The smallest absolute Gasteiger partial charge is 0.294 e. The summed E-state index contributed by atoms with van der Waals surface area (Å²) in [6.45, 7) is 1.47. The van der Waals surface area contributed by atoms with Gasteiger partial charge < -0.3 is 10.2 Å². The van der Waals surface area contributed by atoms with Crippen molar-refractivity contribution in [3.05, 3.63) is 10.1 Å². The summed E-state index contributed by atoms with van der Waals surface area (Å²) in [6, 6.07) is 0.152. The van der Waals surface area contributed by atoms with Crippen molar-refractivity contribution < 1.29 is 14.7 Å². The summed E-state index contributed by atoms with van der Waals surface area (Å²) in [6.07, 6.45) is 2.46. The van der Waals surface area contributed by atoms with Crippen LogP contribution < -0.4 is 5.32 Å². The fourth-order valence-corrected chi connectivity index (χ4v) is 1.72. The van der Waals surface area contributed by atoms with E-state index >= 15 is 0 Å². The Labute approximate surface area is 81.7 Å². The number of amides is 1. The Morgan fingerprint density at radius 1 is 1.43 bits per heavy atom. The number of rotatable bonds is 3. The van der Waals surface area contributed by atoms with Crippen LogP contribution in [0.25, 0.3) is 0 Å². The first-order valence-electron chi connectivity index (χ1n) is 4.66. The molecule has 6 nitrogen and oxygen atoms in total. The Kier molecular flexibility index (Phi) is 3.67. The molecule has 0 aromatic carbocycles. The van der Waals surface area contributed by atoms with Gasteiger partial charge >= 0.3 is 0 Å². The van der Waals surface area contributed by atoms with Crippen LogP contribution in [0.2, 0.25) is 0 Å². The maximum Gasteiger partial charge on any atom is 0.294 e. The molecule has 1 amide bonds. The molecule has 1 aliphatic rings. The van der Waals surface area contributed by atoms with E-state index in [1.54, 1.807) is 0 Å². The van der Waals surface area contributed by atoms with E-state index in [-0.39, 0.29) is 18.1 Å². The molecule has 1 saturated carbocycles. The molecule has 80 valence electrons. The Bertz CT molecular complexity index is 199. The van der Waals surface area contributed by atoms with E-state index in [0.717, 1.165) is 12.8 Å². The van der Waals surface area contributed by atoms with Crippen molar-refractivity contribution >= 4 is 5.91 Å². The minimum atomic E-state index is -0.747. The largest absolute Gasteiger partial charge is 0.354 e. The first-order chi connectivity index (χ1) is 6.58. The molecule has 0 unspecified atom stereocenters. The zero-order valence-electron chi connectivity index (χ0n) is 8.06. The predicted octanol–water partition coefficient (Wildman–Crippen LogP) is 0.642. The van der Waals surface area contributed by atoms with Crippen molar-refractivity contribution in [2.24, 2.45) is 0 Å². The quantitative estimate of drug-likeness (QED) is 0.538. The standard InChI is InChI=1S/C8H14N2O4/c1-6(11)9-7-2-4-8(5-3-7)14-10(12)13/h7-8H,2-5H2,1H3,(H,9,11)/t7-,8-. The number of carbonyl (C=O) groups is 1. The number of carbonyl (C=O) groups excluding carboxylic acids is 1. The van der Waals surface area contributed by atoms with Crippen LogP contribution in [0.5, 0.6) is 0 Å². The van der Waals surface area contributed by atoms with Gasteiger partial charge in [0.15, 0.2) is 0 Å². The van der Waals surface area contributed by atoms with Crippen LogP contribution in [0.15, 0.2) is 0 Å². The van der Waals surface area contributed by atoms with Crippen molar-refractivity contribution in [2.75, 3.05) is 0 Å². The Morgan fingerprint density at radius 2 is 2.00 bits per heavy atom.